The van der Waals surface area contributed by atoms with E-state index in [1.54, 1.807) is 0 Å². The van der Waals surface area contributed by atoms with Gasteiger partial charge in [0, 0.05) is 11.1 Å². The Morgan fingerprint density at radius 3 is 1.85 bits per heavy atom. The number of hydrogen-bond donors (Lipinski definition) is 0. The summed E-state index contributed by atoms with van der Waals surface area (Å²) in [5.41, 5.74) is 2.40. The molecule has 1 saturated carbocycles. The van der Waals surface area contributed by atoms with Gasteiger partial charge in [0.25, 0.3) is 0 Å². The molecule has 0 spiro atoms. The van der Waals surface area contributed by atoms with E-state index in [0.717, 1.165) is 42.5 Å². The zero-order valence-electron chi connectivity index (χ0n) is 16.5. The lowest BCUT2D eigenvalue weighted by Crippen LogP contribution is -2.35. The lowest BCUT2D eigenvalue weighted by Gasteiger charge is -2.26. The first-order valence-corrected chi connectivity index (χ1v) is 9.85. The molecule has 142 valence electrons. The van der Waals surface area contributed by atoms with Crippen LogP contribution in [0.2, 0.25) is 0 Å². The van der Waals surface area contributed by atoms with Gasteiger partial charge in [0.15, 0.2) is 6.04 Å². The van der Waals surface area contributed by atoms with Gasteiger partial charge in [-0.1, -0.05) is 73.5 Å². The third-order valence-corrected chi connectivity index (χ3v) is 4.86. The minimum atomic E-state index is -0.511. The zero-order chi connectivity index (χ0) is 19.3. The highest BCUT2D eigenvalue weighted by atomic mass is 16.6. The van der Waals surface area contributed by atoms with Gasteiger partial charge in [0.2, 0.25) is 0 Å². The van der Waals surface area contributed by atoms with Crippen molar-refractivity contribution in [3.05, 3.63) is 71.8 Å². The van der Waals surface area contributed by atoms with Gasteiger partial charge in [-0.25, -0.2) is 4.79 Å². The van der Waals surface area contributed by atoms with Crippen LogP contribution in [0.25, 0.3) is 0 Å². The maximum atomic E-state index is 13.0. The third-order valence-electron chi connectivity index (χ3n) is 4.86. The van der Waals surface area contributed by atoms with Crippen molar-refractivity contribution in [3.8, 4) is 0 Å². The molecule has 0 unspecified atom stereocenters. The Hall–Kier alpha value is -2.42. The minimum absolute atomic E-state index is 0.209. The average molecular weight is 364 g/mol. The highest BCUT2D eigenvalue weighted by molar-refractivity contribution is 6.13. The van der Waals surface area contributed by atoms with Crippen molar-refractivity contribution in [2.24, 2.45) is 10.9 Å². The van der Waals surface area contributed by atoms with Crippen LogP contribution in [0, 0.1) is 5.92 Å². The smallest absolute Gasteiger partial charge is 0.331 e. The van der Waals surface area contributed by atoms with Crippen molar-refractivity contribution in [1.29, 1.82) is 0 Å². The topological polar surface area (TPSA) is 38.7 Å². The van der Waals surface area contributed by atoms with Gasteiger partial charge in [-0.05, 0) is 39.5 Å². The van der Waals surface area contributed by atoms with E-state index >= 15 is 0 Å². The SMILES string of the molecule is CC(C)(C)OC(=O)[C@H](N=C(c1ccccc1)c1ccccc1)C1CCCC1. The van der Waals surface area contributed by atoms with Crippen LogP contribution in [-0.4, -0.2) is 23.3 Å². The van der Waals surface area contributed by atoms with Crippen molar-refractivity contribution >= 4 is 11.7 Å². The molecule has 1 aliphatic carbocycles. The van der Waals surface area contributed by atoms with Gasteiger partial charge in [-0.15, -0.1) is 0 Å². The number of hydrogen-bond acceptors (Lipinski definition) is 3. The first-order valence-electron chi connectivity index (χ1n) is 9.85. The number of ether oxygens (including phenoxy) is 1. The number of rotatable bonds is 5. The summed E-state index contributed by atoms with van der Waals surface area (Å²) in [5.74, 6) is 0.0426. The standard InChI is InChI=1S/C24H29NO2/c1-24(2,3)27-23(26)22(20-16-10-11-17-20)25-21(18-12-6-4-7-13-18)19-14-8-5-9-15-19/h4-9,12-15,20,22H,10-11,16-17H2,1-3H3/t22-/m1/s1. The van der Waals surface area contributed by atoms with Gasteiger partial charge in [0.05, 0.1) is 5.71 Å². The van der Waals surface area contributed by atoms with Gasteiger partial charge in [-0.3, -0.25) is 4.99 Å². The zero-order valence-corrected chi connectivity index (χ0v) is 16.5. The normalized spacial score (nSPS) is 16.0. The average Bonchev–Trinajstić information content (AvgIpc) is 3.17. The summed E-state index contributed by atoms with van der Waals surface area (Å²) in [7, 11) is 0. The predicted octanol–water partition coefficient (Wildman–Crippen LogP) is 5.42. The van der Waals surface area contributed by atoms with Crippen molar-refractivity contribution < 1.29 is 9.53 Å². The van der Waals surface area contributed by atoms with Crippen LogP contribution in [-0.2, 0) is 9.53 Å². The van der Waals surface area contributed by atoms with Gasteiger partial charge in [-0.2, -0.15) is 0 Å². The van der Waals surface area contributed by atoms with E-state index in [2.05, 4.69) is 0 Å². The monoisotopic (exact) mass is 363 g/mol. The van der Waals surface area contributed by atoms with Gasteiger partial charge >= 0.3 is 5.97 Å². The summed E-state index contributed by atoms with van der Waals surface area (Å²) in [4.78, 5) is 18.0. The maximum Gasteiger partial charge on any atom is 0.331 e. The molecule has 1 fully saturated rings. The molecular formula is C24H29NO2. The van der Waals surface area contributed by atoms with Crippen LogP contribution in [0.4, 0.5) is 0 Å². The molecule has 0 amide bonds. The maximum absolute atomic E-state index is 13.0. The van der Waals surface area contributed by atoms with Crippen molar-refractivity contribution in [2.45, 2.75) is 58.1 Å². The van der Waals surface area contributed by atoms with Crippen LogP contribution in [0.1, 0.15) is 57.6 Å². The molecule has 27 heavy (non-hydrogen) atoms. The van der Waals surface area contributed by atoms with Crippen LogP contribution in [0.15, 0.2) is 65.7 Å². The third kappa shape index (κ3) is 5.29. The van der Waals surface area contributed by atoms with Crippen LogP contribution >= 0.6 is 0 Å². The molecule has 0 aliphatic heterocycles. The Bertz CT molecular complexity index is 728. The molecule has 0 aromatic heterocycles. The summed E-state index contributed by atoms with van der Waals surface area (Å²) >= 11 is 0. The minimum Gasteiger partial charge on any atom is -0.458 e. The second-order valence-corrected chi connectivity index (χ2v) is 8.23. The molecule has 0 radical (unpaired) electrons. The highest BCUT2D eigenvalue weighted by Gasteiger charge is 2.34. The fourth-order valence-corrected chi connectivity index (χ4v) is 3.63. The predicted molar refractivity (Wildman–Crippen MR) is 110 cm³/mol. The molecule has 0 heterocycles. The number of carbonyl (C=O) groups is 1. The Morgan fingerprint density at radius 2 is 1.41 bits per heavy atom. The molecule has 1 atom stereocenters. The Morgan fingerprint density at radius 1 is 0.926 bits per heavy atom. The lowest BCUT2D eigenvalue weighted by molar-refractivity contribution is -0.157. The van der Waals surface area contributed by atoms with Crippen molar-refractivity contribution in [2.75, 3.05) is 0 Å². The van der Waals surface area contributed by atoms with Gasteiger partial charge < -0.3 is 4.74 Å². The second kappa shape index (κ2) is 8.51. The molecule has 2 aromatic rings. The first kappa shape index (κ1) is 19.3. The lowest BCUT2D eigenvalue weighted by atomic mass is 9.96. The molecule has 1 aliphatic rings. The summed E-state index contributed by atoms with van der Waals surface area (Å²) in [6, 6.07) is 19.7. The molecule has 0 N–H and O–H groups in total. The van der Waals surface area contributed by atoms with Gasteiger partial charge in [0.1, 0.15) is 5.60 Å². The summed E-state index contributed by atoms with van der Waals surface area (Å²) in [6.45, 7) is 5.74. The number of nitrogens with zero attached hydrogens (tertiary/aromatic N) is 1. The number of esters is 1. The number of aliphatic imine (C=N–C) groups is 1. The summed E-state index contributed by atoms with van der Waals surface area (Å²) in [5, 5.41) is 0. The first-order chi connectivity index (χ1) is 12.9. The fourth-order valence-electron chi connectivity index (χ4n) is 3.63. The molecule has 3 rings (SSSR count). The molecule has 3 nitrogen and oxygen atoms in total. The number of carbonyl (C=O) groups excluding carboxylic acids is 1. The van der Waals surface area contributed by atoms with Crippen molar-refractivity contribution in [1.82, 2.24) is 0 Å². The highest BCUT2D eigenvalue weighted by Crippen LogP contribution is 2.31. The Balaban J connectivity index is 2.03. The van der Waals surface area contributed by atoms with E-state index in [4.69, 9.17) is 9.73 Å². The van der Waals surface area contributed by atoms with Crippen molar-refractivity contribution in [3.63, 3.8) is 0 Å². The summed E-state index contributed by atoms with van der Waals surface area (Å²) in [6.07, 6.45) is 4.38. The largest absolute Gasteiger partial charge is 0.458 e. The van der Waals surface area contributed by atoms with E-state index in [-0.39, 0.29) is 11.9 Å². The Labute approximate surface area is 162 Å². The molecular weight excluding hydrogens is 334 g/mol. The molecule has 2 aromatic carbocycles. The molecule has 0 bridgehead atoms. The van der Waals surface area contributed by atoms with E-state index in [0.29, 0.717) is 0 Å². The van der Waals surface area contributed by atoms with E-state index < -0.39 is 11.6 Å². The molecule has 3 heteroatoms. The summed E-state index contributed by atoms with van der Waals surface area (Å²) < 4.78 is 5.74. The second-order valence-electron chi connectivity index (χ2n) is 8.23. The van der Waals surface area contributed by atoms with Crippen LogP contribution < -0.4 is 0 Å². The van der Waals surface area contributed by atoms with Crippen LogP contribution in [0.3, 0.4) is 0 Å². The van der Waals surface area contributed by atoms with E-state index in [1.807, 2.05) is 81.4 Å². The molecule has 0 saturated heterocycles. The van der Waals surface area contributed by atoms with E-state index in [9.17, 15) is 4.79 Å². The van der Waals surface area contributed by atoms with E-state index in [1.165, 1.54) is 0 Å². The Kier molecular flexibility index (Phi) is 6.10. The van der Waals surface area contributed by atoms with Crippen LogP contribution in [0.5, 0.6) is 0 Å². The quantitative estimate of drug-likeness (QED) is 0.525. The fraction of sp³-hybridized carbons (Fsp3) is 0.417. The number of benzene rings is 2.